The van der Waals surface area contributed by atoms with Gasteiger partial charge in [-0.15, -0.1) is 0 Å². The van der Waals surface area contributed by atoms with Gasteiger partial charge in [-0.05, 0) is 38.5 Å². The molecule has 0 radical (unpaired) electrons. The van der Waals surface area contributed by atoms with Gasteiger partial charge in [0.15, 0.2) is 11.5 Å². The van der Waals surface area contributed by atoms with Gasteiger partial charge in [-0.3, -0.25) is 5.01 Å². The average molecular weight is 369 g/mol. The Balaban J connectivity index is 1.55. The Morgan fingerprint density at radius 1 is 1.19 bits per heavy atom. The van der Waals surface area contributed by atoms with Gasteiger partial charge in [0.1, 0.15) is 6.54 Å². The molecule has 0 saturated carbocycles. The minimum atomic E-state index is 0.155. The van der Waals surface area contributed by atoms with Crippen molar-refractivity contribution >= 4 is 6.21 Å². The van der Waals surface area contributed by atoms with Gasteiger partial charge in [0.2, 0.25) is 0 Å². The Kier molecular flexibility index (Phi) is 6.35. The fraction of sp³-hybridized carbons (Fsp3) is 0.409. The van der Waals surface area contributed by atoms with Crippen molar-refractivity contribution < 1.29 is 14.7 Å². The summed E-state index contributed by atoms with van der Waals surface area (Å²) in [4.78, 5) is 1.59. The quantitative estimate of drug-likeness (QED) is 0.768. The fourth-order valence-corrected chi connectivity index (χ4v) is 3.48. The topological polar surface area (TPSA) is 49.5 Å². The van der Waals surface area contributed by atoms with Gasteiger partial charge in [-0.25, -0.2) is 0 Å². The summed E-state index contributed by atoms with van der Waals surface area (Å²) in [6.45, 7) is 11.8. The summed E-state index contributed by atoms with van der Waals surface area (Å²) in [6, 6.07) is 12.2. The van der Waals surface area contributed by atoms with Crippen molar-refractivity contribution in [3.63, 3.8) is 0 Å². The lowest BCUT2D eigenvalue weighted by Crippen LogP contribution is -3.13. The van der Waals surface area contributed by atoms with Crippen LogP contribution < -0.4 is 9.64 Å². The zero-order chi connectivity index (χ0) is 19.2. The van der Waals surface area contributed by atoms with Crippen LogP contribution in [-0.4, -0.2) is 49.1 Å². The van der Waals surface area contributed by atoms with Crippen molar-refractivity contribution in [2.75, 3.05) is 32.8 Å². The number of para-hydroxylation sites is 1. The normalized spacial score (nSPS) is 15.4. The first kappa shape index (κ1) is 19.2. The molecule has 5 heteroatoms. The molecule has 2 aromatic carbocycles. The molecular weight excluding hydrogens is 338 g/mol. The molecule has 27 heavy (non-hydrogen) atoms. The highest BCUT2D eigenvalue weighted by atomic mass is 16.5. The number of hydrogen-bond donors (Lipinski definition) is 2. The molecule has 2 aromatic rings. The van der Waals surface area contributed by atoms with E-state index in [1.54, 1.807) is 17.2 Å². The lowest BCUT2D eigenvalue weighted by atomic mass is 10.1. The van der Waals surface area contributed by atoms with E-state index in [4.69, 9.17) is 4.74 Å². The van der Waals surface area contributed by atoms with E-state index in [1.165, 1.54) is 16.7 Å². The Bertz CT molecular complexity index is 796. The summed E-state index contributed by atoms with van der Waals surface area (Å²) in [6.07, 6.45) is 1.73. The number of ether oxygens (including phenoxy) is 1. The number of aromatic hydroxyl groups is 1. The molecule has 2 N–H and O–H groups in total. The maximum atomic E-state index is 10.3. The highest BCUT2D eigenvalue weighted by Crippen LogP contribution is 2.28. The van der Waals surface area contributed by atoms with Crippen molar-refractivity contribution in [1.82, 2.24) is 5.01 Å². The second-order valence-corrected chi connectivity index (χ2v) is 7.18. The van der Waals surface area contributed by atoms with Crippen LogP contribution in [0.5, 0.6) is 11.5 Å². The van der Waals surface area contributed by atoms with E-state index in [0.29, 0.717) is 17.9 Å². The molecule has 0 bridgehead atoms. The second kappa shape index (κ2) is 8.91. The molecular formula is C22H30N3O2+. The van der Waals surface area contributed by atoms with Crippen LogP contribution in [0, 0.1) is 13.8 Å². The number of benzene rings is 2. The van der Waals surface area contributed by atoms with Crippen molar-refractivity contribution in [1.29, 1.82) is 0 Å². The third-order valence-corrected chi connectivity index (χ3v) is 5.08. The van der Waals surface area contributed by atoms with Crippen LogP contribution in [0.4, 0.5) is 0 Å². The van der Waals surface area contributed by atoms with Crippen LogP contribution in [0.3, 0.4) is 0 Å². The van der Waals surface area contributed by atoms with Crippen LogP contribution >= 0.6 is 0 Å². The maximum Gasteiger partial charge on any atom is 0.166 e. The fourth-order valence-electron chi connectivity index (χ4n) is 3.48. The summed E-state index contributed by atoms with van der Waals surface area (Å²) in [7, 11) is 0. The predicted molar refractivity (Wildman–Crippen MR) is 109 cm³/mol. The average Bonchev–Trinajstić information content (AvgIpc) is 2.66. The van der Waals surface area contributed by atoms with E-state index in [1.807, 2.05) is 19.1 Å². The molecule has 5 nitrogen and oxygen atoms in total. The molecule has 144 valence electrons. The Labute approximate surface area is 161 Å². The molecule has 1 heterocycles. The van der Waals surface area contributed by atoms with Gasteiger partial charge in [-0.1, -0.05) is 29.8 Å². The zero-order valence-corrected chi connectivity index (χ0v) is 16.5. The van der Waals surface area contributed by atoms with Gasteiger partial charge >= 0.3 is 0 Å². The zero-order valence-electron chi connectivity index (χ0n) is 16.5. The number of hydrogen-bond acceptors (Lipinski definition) is 4. The van der Waals surface area contributed by atoms with Crippen LogP contribution in [0.25, 0.3) is 0 Å². The number of hydrazone groups is 1. The van der Waals surface area contributed by atoms with Crippen molar-refractivity contribution in [2.45, 2.75) is 27.3 Å². The largest absolute Gasteiger partial charge is 0.504 e. The first-order valence-electron chi connectivity index (χ1n) is 9.70. The first-order valence-corrected chi connectivity index (χ1v) is 9.70. The molecule has 1 saturated heterocycles. The van der Waals surface area contributed by atoms with Crippen LogP contribution in [0.1, 0.15) is 29.2 Å². The van der Waals surface area contributed by atoms with Crippen LogP contribution in [0.2, 0.25) is 0 Å². The molecule has 0 aliphatic carbocycles. The number of rotatable bonds is 6. The maximum absolute atomic E-state index is 10.3. The van der Waals surface area contributed by atoms with E-state index >= 15 is 0 Å². The Morgan fingerprint density at radius 2 is 1.96 bits per heavy atom. The second-order valence-electron chi connectivity index (χ2n) is 7.18. The molecule has 1 fully saturated rings. The molecule has 0 spiro atoms. The van der Waals surface area contributed by atoms with Gasteiger partial charge in [0.25, 0.3) is 0 Å². The Hall–Kier alpha value is -2.53. The molecule has 1 aliphatic rings. The molecule has 0 amide bonds. The summed E-state index contributed by atoms with van der Waals surface area (Å²) in [5.41, 5.74) is 4.82. The Morgan fingerprint density at radius 3 is 2.67 bits per heavy atom. The lowest BCUT2D eigenvalue weighted by Gasteiger charge is -2.30. The van der Waals surface area contributed by atoms with Crippen LogP contribution in [-0.2, 0) is 6.54 Å². The predicted octanol–water partition coefficient (Wildman–Crippen LogP) is 2.14. The monoisotopic (exact) mass is 368 g/mol. The molecule has 0 unspecified atom stereocenters. The van der Waals surface area contributed by atoms with E-state index in [-0.39, 0.29) is 5.75 Å². The highest BCUT2D eigenvalue weighted by molar-refractivity contribution is 5.84. The first-order chi connectivity index (χ1) is 13.1. The number of quaternary nitrogens is 1. The van der Waals surface area contributed by atoms with Crippen molar-refractivity contribution in [3.8, 4) is 11.5 Å². The lowest BCUT2D eigenvalue weighted by molar-refractivity contribution is -0.918. The van der Waals surface area contributed by atoms with Gasteiger partial charge < -0.3 is 14.7 Å². The summed E-state index contributed by atoms with van der Waals surface area (Å²) in [5, 5.41) is 16.9. The van der Waals surface area contributed by atoms with E-state index in [9.17, 15) is 5.11 Å². The van der Waals surface area contributed by atoms with Crippen molar-refractivity contribution in [2.24, 2.45) is 5.10 Å². The molecule has 3 rings (SSSR count). The van der Waals surface area contributed by atoms with Gasteiger partial charge in [0, 0.05) is 11.1 Å². The standard InChI is InChI=1S/C22H29N3O2/c1-4-27-21-7-5-6-19(22(21)26)15-23-25-12-10-24(11-13-25)16-20-9-8-17(2)14-18(20)3/h5-9,14-15,26H,4,10-13,16H2,1-3H3/p+1/b23-15+. The van der Waals surface area contributed by atoms with Gasteiger partial charge in [0.05, 0.1) is 39.0 Å². The van der Waals surface area contributed by atoms with Gasteiger partial charge in [-0.2, -0.15) is 5.10 Å². The smallest absolute Gasteiger partial charge is 0.166 e. The number of phenolic OH excluding ortho intramolecular Hbond substituents is 1. The minimum Gasteiger partial charge on any atom is -0.504 e. The highest BCUT2D eigenvalue weighted by Gasteiger charge is 2.19. The van der Waals surface area contributed by atoms with E-state index in [2.05, 4.69) is 42.2 Å². The van der Waals surface area contributed by atoms with Crippen molar-refractivity contribution in [3.05, 3.63) is 58.7 Å². The molecule has 0 atom stereocenters. The summed E-state index contributed by atoms with van der Waals surface area (Å²) >= 11 is 0. The summed E-state index contributed by atoms with van der Waals surface area (Å²) < 4.78 is 5.43. The molecule has 0 aromatic heterocycles. The van der Waals surface area contributed by atoms with Crippen LogP contribution in [0.15, 0.2) is 41.5 Å². The SMILES string of the molecule is CCOc1cccc(/C=N/N2CC[NH+](Cc3ccc(C)cc3C)CC2)c1O. The number of aryl methyl sites for hydroxylation is 2. The number of piperazine rings is 1. The number of nitrogens with zero attached hydrogens (tertiary/aromatic N) is 2. The molecule has 1 aliphatic heterocycles. The van der Waals surface area contributed by atoms with E-state index in [0.717, 1.165) is 32.7 Å². The third-order valence-electron chi connectivity index (χ3n) is 5.08. The number of nitrogens with one attached hydrogen (secondary N) is 1. The summed E-state index contributed by atoms with van der Waals surface area (Å²) in [5.74, 6) is 0.659. The third kappa shape index (κ3) is 5.01. The minimum absolute atomic E-state index is 0.155. The number of phenols is 1. The van der Waals surface area contributed by atoms with E-state index < -0.39 is 0 Å².